The van der Waals surface area contributed by atoms with Gasteiger partial charge in [-0.1, -0.05) is 24.3 Å². The zero-order valence-corrected chi connectivity index (χ0v) is 19.1. The fourth-order valence-electron chi connectivity index (χ4n) is 3.08. The van der Waals surface area contributed by atoms with Crippen LogP contribution in [0.4, 0.5) is 10.5 Å². The van der Waals surface area contributed by atoms with Gasteiger partial charge in [0.1, 0.15) is 0 Å². The molecule has 0 aliphatic carbocycles. The Balaban J connectivity index is 0.00000261. The van der Waals surface area contributed by atoms with E-state index in [0.717, 1.165) is 44.0 Å². The normalized spacial score (nSPS) is 14.4. The van der Waals surface area contributed by atoms with Gasteiger partial charge in [-0.15, -0.1) is 37.2 Å². The molecular weight excluding hydrogens is 433 g/mol. The van der Waals surface area contributed by atoms with E-state index in [1.807, 2.05) is 26.0 Å². The van der Waals surface area contributed by atoms with Crippen LogP contribution in [-0.2, 0) is 6.54 Å². The fourth-order valence-corrected chi connectivity index (χ4v) is 3.08. The summed E-state index contributed by atoms with van der Waals surface area (Å²) in [5.41, 5.74) is 3.99. The number of nitrogens with one attached hydrogen (secondary N) is 3. The number of benzene rings is 1. The molecule has 162 valence electrons. The van der Waals surface area contributed by atoms with Crippen LogP contribution < -0.4 is 16.0 Å². The van der Waals surface area contributed by atoms with Gasteiger partial charge in [0.25, 0.3) is 0 Å². The number of halogens is 3. The molecule has 1 aliphatic heterocycles. The second-order valence-corrected chi connectivity index (χ2v) is 6.78. The summed E-state index contributed by atoms with van der Waals surface area (Å²) in [5, 5.41) is 9.19. The smallest absolute Gasteiger partial charge is 0.319 e. The molecule has 1 atom stereocenters. The lowest BCUT2D eigenvalue weighted by Gasteiger charge is -2.27. The Bertz CT molecular complexity index is 739. The number of hydrogen-bond donors (Lipinski definition) is 3. The van der Waals surface area contributed by atoms with Crippen molar-refractivity contribution in [1.29, 1.82) is 0 Å². The summed E-state index contributed by atoms with van der Waals surface area (Å²) in [4.78, 5) is 18.9. The quantitative estimate of drug-likeness (QED) is 0.629. The van der Waals surface area contributed by atoms with Gasteiger partial charge < -0.3 is 16.0 Å². The van der Waals surface area contributed by atoms with Crippen molar-refractivity contribution in [3.05, 3.63) is 59.4 Å². The molecular formula is C20H30Cl3N5O. The second kappa shape index (κ2) is 13.6. The molecule has 2 aromatic rings. The van der Waals surface area contributed by atoms with Crippen LogP contribution in [0.1, 0.15) is 29.8 Å². The largest absolute Gasteiger partial charge is 0.331 e. The highest BCUT2D eigenvalue weighted by Gasteiger charge is 2.13. The molecule has 1 fully saturated rings. The molecule has 9 heteroatoms. The standard InChI is InChI=1S/C20H27N5O.3ClH/c1-15-6-7-19(13-22-15)24-20(26)23-16(2)18-5-3-4-17(12-18)14-25-10-8-21-9-11-25;;;/h3-7,12-13,16,21H,8-11,14H2,1-2H3,(H2,23,24,26);3*1H/t16-;;;/m0.../s1. The minimum absolute atomic E-state index is 0. The van der Waals surface area contributed by atoms with Gasteiger partial charge in [0, 0.05) is 38.4 Å². The number of anilines is 1. The first-order valence-electron chi connectivity index (χ1n) is 9.12. The van der Waals surface area contributed by atoms with E-state index in [9.17, 15) is 4.79 Å². The predicted molar refractivity (Wildman–Crippen MR) is 126 cm³/mol. The SMILES string of the molecule is Cc1ccc(NC(=O)N[C@@H](C)c2cccc(CN3CCNCC3)c2)cn1.Cl.Cl.Cl. The van der Waals surface area contributed by atoms with Gasteiger partial charge in [-0.05, 0) is 37.1 Å². The van der Waals surface area contributed by atoms with E-state index in [2.05, 4.69) is 50.1 Å². The maximum absolute atomic E-state index is 12.2. The van der Waals surface area contributed by atoms with Crippen LogP contribution in [0.3, 0.4) is 0 Å². The lowest BCUT2D eigenvalue weighted by atomic mass is 10.0. The summed E-state index contributed by atoms with van der Waals surface area (Å²) in [6, 6.07) is 11.9. The second-order valence-electron chi connectivity index (χ2n) is 6.78. The molecule has 0 unspecified atom stereocenters. The third-order valence-corrected chi connectivity index (χ3v) is 4.58. The van der Waals surface area contributed by atoms with Crippen molar-refractivity contribution in [2.24, 2.45) is 0 Å². The highest BCUT2D eigenvalue weighted by molar-refractivity contribution is 5.89. The maximum atomic E-state index is 12.2. The monoisotopic (exact) mass is 461 g/mol. The average molecular weight is 463 g/mol. The molecule has 0 bridgehead atoms. The Hall–Kier alpha value is -1.57. The molecule has 29 heavy (non-hydrogen) atoms. The molecule has 0 saturated carbocycles. The number of nitrogens with zero attached hydrogens (tertiary/aromatic N) is 2. The minimum atomic E-state index is -0.226. The van der Waals surface area contributed by atoms with Crippen molar-refractivity contribution in [1.82, 2.24) is 20.5 Å². The number of urea groups is 1. The molecule has 3 rings (SSSR count). The van der Waals surface area contributed by atoms with Crippen molar-refractivity contribution in [3.8, 4) is 0 Å². The number of rotatable bonds is 5. The third kappa shape index (κ3) is 8.76. The number of pyridine rings is 1. The number of carbonyl (C=O) groups excluding carboxylic acids is 1. The molecule has 3 N–H and O–H groups in total. The maximum Gasteiger partial charge on any atom is 0.319 e. The van der Waals surface area contributed by atoms with Gasteiger partial charge in [-0.3, -0.25) is 9.88 Å². The molecule has 1 aliphatic rings. The predicted octanol–water partition coefficient (Wildman–Crippen LogP) is 3.94. The van der Waals surface area contributed by atoms with Gasteiger partial charge in [0.15, 0.2) is 0 Å². The van der Waals surface area contributed by atoms with Crippen molar-refractivity contribution >= 4 is 48.9 Å². The van der Waals surface area contributed by atoms with E-state index in [1.165, 1.54) is 5.56 Å². The fraction of sp³-hybridized carbons (Fsp3) is 0.400. The number of aryl methyl sites for hydroxylation is 1. The highest BCUT2D eigenvalue weighted by Crippen LogP contribution is 2.16. The van der Waals surface area contributed by atoms with E-state index < -0.39 is 0 Å². The lowest BCUT2D eigenvalue weighted by Crippen LogP contribution is -2.42. The zero-order chi connectivity index (χ0) is 18.4. The topological polar surface area (TPSA) is 69.3 Å². The molecule has 0 spiro atoms. The van der Waals surface area contributed by atoms with Crippen LogP contribution >= 0.6 is 37.2 Å². The van der Waals surface area contributed by atoms with Gasteiger partial charge >= 0.3 is 6.03 Å². The van der Waals surface area contributed by atoms with Crippen molar-refractivity contribution in [2.45, 2.75) is 26.4 Å². The summed E-state index contributed by atoms with van der Waals surface area (Å²) in [7, 11) is 0. The zero-order valence-electron chi connectivity index (χ0n) is 16.7. The highest BCUT2D eigenvalue weighted by atomic mass is 35.5. The molecule has 1 aromatic carbocycles. The Morgan fingerprint density at radius 3 is 2.55 bits per heavy atom. The van der Waals surface area contributed by atoms with Crippen LogP contribution in [0.2, 0.25) is 0 Å². The van der Waals surface area contributed by atoms with E-state index >= 15 is 0 Å². The first-order chi connectivity index (χ1) is 12.6. The van der Waals surface area contributed by atoms with Crippen LogP contribution in [0.25, 0.3) is 0 Å². The van der Waals surface area contributed by atoms with E-state index in [1.54, 1.807) is 6.20 Å². The number of hydrogen-bond acceptors (Lipinski definition) is 4. The van der Waals surface area contributed by atoms with Gasteiger partial charge in [0.2, 0.25) is 0 Å². The van der Waals surface area contributed by atoms with Crippen LogP contribution in [0.15, 0.2) is 42.6 Å². The minimum Gasteiger partial charge on any atom is -0.331 e. The summed E-state index contributed by atoms with van der Waals surface area (Å²) in [6.45, 7) is 9.10. The van der Waals surface area contributed by atoms with Crippen LogP contribution in [0.5, 0.6) is 0 Å². The van der Waals surface area contributed by atoms with Crippen molar-refractivity contribution in [2.75, 3.05) is 31.5 Å². The first kappa shape index (κ1) is 27.4. The van der Waals surface area contributed by atoms with Gasteiger partial charge in [-0.25, -0.2) is 4.79 Å². The summed E-state index contributed by atoms with van der Waals surface area (Å²) in [6.07, 6.45) is 1.66. The molecule has 2 heterocycles. The van der Waals surface area contributed by atoms with Crippen LogP contribution in [-0.4, -0.2) is 42.1 Å². The first-order valence-corrected chi connectivity index (χ1v) is 9.12. The Labute approximate surface area is 191 Å². The molecule has 2 amide bonds. The summed E-state index contributed by atoms with van der Waals surface area (Å²) in [5.74, 6) is 0. The van der Waals surface area contributed by atoms with Gasteiger partial charge in [-0.2, -0.15) is 0 Å². The third-order valence-electron chi connectivity index (χ3n) is 4.58. The Morgan fingerprint density at radius 1 is 1.17 bits per heavy atom. The van der Waals surface area contributed by atoms with Crippen molar-refractivity contribution < 1.29 is 4.79 Å². The number of piperazine rings is 1. The van der Waals surface area contributed by atoms with E-state index in [-0.39, 0.29) is 49.3 Å². The molecule has 0 radical (unpaired) electrons. The van der Waals surface area contributed by atoms with E-state index in [0.29, 0.717) is 5.69 Å². The Morgan fingerprint density at radius 2 is 1.90 bits per heavy atom. The van der Waals surface area contributed by atoms with Gasteiger partial charge in [0.05, 0.1) is 17.9 Å². The summed E-state index contributed by atoms with van der Waals surface area (Å²) < 4.78 is 0. The number of amides is 2. The van der Waals surface area contributed by atoms with Crippen LogP contribution in [0, 0.1) is 6.92 Å². The lowest BCUT2D eigenvalue weighted by molar-refractivity contribution is 0.233. The average Bonchev–Trinajstić information content (AvgIpc) is 2.64. The molecule has 6 nitrogen and oxygen atoms in total. The molecule has 1 aromatic heterocycles. The van der Waals surface area contributed by atoms with Crippen molar-refractivity contribution in [3.63, 3.8) is 0 Å². The van der Waals surface area contributed by atoms with E-state index in [4.69, 9.17) is 0 Å². The number of aromatic nitrogens is 1. The Kier molecular flexibility index (Phi) is 12.9. The number of carbonyl (C=O) groups is 1. The molecule has 1 saturated heterocycles. The summed E-state index contributed by atoms with van der Waals surface area (Å²) >= 11 is 0.